The van der Waals surface area contributed by atoms with Crippen LogP contribution < -0.4 is 9.64 Å². The Bertz CT molecular complexity index is 1120. The number of hydrogen-bond donors (Lipinski definition) is 0. The highest BCUT2D eigenvalue weighted by molar-refractivity contribution is 7.90. The summed E-state index contributed by atoms with van der Waals surface area (Å²) in [4.78, 5) is 6.76. The van der Waals surface area contributed by atoms with E-state index in [2.05, 4.69) is 5.10 Å². The van der Waals surface area contributed by atoms with Gasteiger partial charge in [0.1, 0.15) is 16.8 Å². The zero-order valence-corrected chi connectivity index (χ0v) is 17.6. The van der Waals surface area contributed by atoms with Gasteiger partial charge in [-0.15, -0.1) is 11.6 Å². The molecule has 0 spiro atoms. The molecule has 0 unspecified atom stereocenters. The van der Waals surface area contributed by atoms with E-state index in [4.69, 9.17) is 21.3 Å². The molecule has 3 aromatic rings. The Balaban J connectivity index is 1.76. The first-order chi connectivity index (χ1) is 14.0. The van der Waals surface area contributed by atoms with Crippen molar-refractivity contribution < 1.29 is 13.2 Å². The van der Waals surface area contributed by atoms with Crippen LogP contribution in [0.3, 0.4) is 0 Å². The molecular formula is C19H22ClN5O3S. The summed E-state index contributed by atoms with van der Waals surface area (Å²) in [5.74, 6) is 1.53. The molecule has 0 amide bonds. The lowest BCUT2D eigenvalue weighted by Crippen LogP contribution is -2.33. The minimum atomic E-state index is -3.60. The van der Waals surface area contributed by atoms with Crippen molar-refractivity contribution in [3.63, 3.8) is 0 Å². The third-order valence-electron chi connectivity index (χ3n) is 4.84. The smallest absolute Gasteiger partial charge is 0.228 e. The second kappa shape index (κ2) is 8.17. The summed E-state index contributed by atoms with van der Waals surface area (Å²) in [6.45, 7) is 1.53. The number of fused-ring (bicyclic) bond motifs is 3. The second-order valence-electron chi connectivity index (χ2n) is 6.98. The van der Waals surface area contributed by atoms with Gasteiger partial charge in [-0.05, 0) is 30.2 Å². The van der Waals surface area contributed by atoms with E-state index in [-0.39, 0.29) is 6.54 Å². The monoisotopic (exact) mass is 435 g/mol. The quantitative estimate of drug-likeness (QED) is 0.575. The van der Waals surface area contributed by atoms with Crippen molar-refractivity contribution in [1.82, 2.24) is 18.9 Å². The number of nitrogens with zero attached hydrogens (tertiary/aromatic N) is 5. The van der Waals surface area contributed by atoms with Crippen LogP contribution in [0.4, 0.5) is 5.82 Å². The molecule has 1 aliphatic heterocycles. The zero-order chi connectivity index (χ0) is 20.4. The van der Waals surface area contributed by atoms with Gasteiger partial charge in [-0.2, -0.15) is 9.40 Å². The average Bonchev–Trinajstić information content (AvgIpc) is 3.12. The van der Waals surface area contributed by atoms with Crippen LogP contribution in [0.1, 0.15) is 17.5 Å². The zero-order valence-electron chi connectivity index (χ0n) is 16.0. The Kier molecular flexibility index (Phi) is 5.62. The predicted octanol–water partition coefficient (Wildman–Crippen LogP) is 2.48. The van der Waals surface area contributed by atoms with Crippen LogP contribution in [0.25, 0.3) is 5.65 Å². The fraction of sp³-hybridized carbons (Fsp3) is 0.368. The van der Waals surface area contributed by atoms with Gasteiger partial charge in [0.15, 0.2) is 5.65 Å². The van der Waals surface area contributed by atoms with Crippen molar-refractivity contribution in [3.8, 4) is 5.75 Å². The van der Waals surface area contributed by atoms with Crippen molar-refractivity contribution in [2.45, 2.75) is 19.5 Å². The summed E-state index contributed by atoms with van der Waals surface area (Å²) in [5, 5.41) is 3.83. The Morgan fingerprint density at radius 2 is 2.10 bits per heavy atom. The highest BCUT2D eigenvalue weighted by atomic mass is 35.5. The number of benzene rings is 1. The van der Waals surface area contributed by atoms with Crippen LogP contribution in [-0.2, 0) is 23.1 Å². The van der Waals surface area contributed by atoms with Gasteiger partial charge in [0.05, 0.1) is 12.8 Å². The molecular weight excluding hydrogens is 414 g/mol. The molecule has 1 aliphatic rings. The third-order valence-corrected chi connectivity index (χ3v) is 7.04. The van der Waals surface area contributed by atoms with E-state index in [1.165, 1.54) is 4.31 Å². The molecule has 8 nitrogen and oxygen atoms in total. The number of halogens is 1. The molecule has 0 atom stereocenters. The molecule has 4 rings (SSSR count). The minimum absolute atomic E-state index is 0.159. The Morgan fingerprint density at radius 1 is 1.24 bits per heavy atom. The van der Waals surface area contributed by atoms with Crippen molar-refractivity contribution in [2.24, 2.45) is 0 Å². The van der Waals surface area contributed by atoms with Gasteiger partial charge in [-0.1, -0.05) is 12.1 Å². The van der Waals surface area contributed by atoms with Crippen LogP contribution in [0.2, 0.25) is 0 Å². The lowest BCUT2D eigenvalue weighted by Gasteiger charge is -2.20. The molecule has 29 heavy (non-hydrogen) atoms. The fourth-order valence-corrected chi connectivity index (χ4v) is 4.62. The summed E-state index contributed by atoms with van der Waals surface area (Å²) in [6.07, 6.45) is 4.02. The van der Waals surface area contributed by atoms with E-state index in [0.717, 1.165) is 22.7 Å². The van der Waals surface area contributed by atoms with Gasteiger partial charge in [0.25, 0.3) is 0 Å². The van der Waals surface area contributed by atoms with Crippen molar-refractivity contribution in [1.29, 1.82) is 0 Å². The molecule has 4 bridgehead atoms. The van der Waals surface area contributed by atoms with Gasteiger partial charge in [-0.3, -0.25) is 0 Å². The van der Waals surface area contributed by atoms with Gasteiger partial charge in [-0.25, -0.2) is 17.9 Å². The van der Waals surface area contributed by atoms with Crippen LogP contribution in [0.15, 0.2) is 42.7 Å². The number of aromatic nitrogens is 3. The Morgan fingerprint density at radius 3 is 2.93 bits per heavy atom. The summed E-state index contributed by atoms with van der Waals surface area (Å²) >= 11 is 5.72. The second-order valence-corrected chi connectivity index (χ2v) is 9.54. The van der Waals surface area contributed by atoms with Crippen molar-refractivity contribution in [2.75, 3.05) is 30.3 Å². The van der Waals surface area contributed by atoms with E-state index in [0.29, 0.717) is 31.8 Å². The lowest BCUT2D eigenvalue weighted by atomic mass is 10.2. The summed E-state index contributed by atoms with van der Waals surface area (Å²) in [7, 11) is -1.64. The number of sulfonamides is 1. The summed E-state index contributed by atoms with van der Waals surface area (Å²) in [6, 6.07) is 9.77. The number of ether oxygens (including phenoxy) is 1. The van der Waals surface area contributed by atoms with Gasteiger partial charge in [0.2, 0.25) is 10.0 Å². The number of hydrogen-bond acceptors (Lipinski definition) is 6. The highest BCUT2D eigenvalue weighted by Gasteiger charge is 2.23. The molecule has 1 aromatic carbocycles. The van der Waals surface area contributed by atoms with Crippen molar-refractivity contribution >= 4 is 33.1 Å². The molecule has 10 heteroatoms. The normalized spacial score (nSPS) is 16.4. The number of rotatable bonds is 2. The number of alkyl halides is 1. The third kappa shape index (κ3) is 4.31. The largest absolute Gasteiger partial charge is 0.494 e. The van der Waals surface area contributed by atoms with Crippen molar-refractivity contribution in [3.05, 3.63) is 53.9 Å². The van der Waals surface area contributed by atoms with Gasteiger partial charge < -0.3 is 9.64 Å². The molecule has 0 aliphatic carbocycles. The Labute approximate surface area is 174 Å². The summed E-state index contributed by atoms with van der Waals surface area (Å²) in [5.41, 5.74) is 2.45. The maximum absolute atomic E-state index is 12.5. The molecule has 0 saturated carbocycles. The van der Waals surface area contributed by atoms with E-state index in [1.54, 1.807) is 10.7 Å². The highest BCUT2D eigenvalue weighted by Crippen LogP contribution is 2.21. The molecule has 0 radical (unpaired) electrons. The number of anilines is 1. The van der Waals surface area contributed by atoms with E-state index in [1.807, 2.05) is 48.5 Å². The first kappa shape index (κ1) is 19.9. The lowest BCUT2D eigenvalue weighted by molar-refractivity contribution is 0.287. The first-order valence-corrected chi connectivity index (χ1v) is 11.4. The Hall–Kier alpha value is -2.36. The predicted molar refractivity (Wildman–Crippen MR) is 112 cm³/mol. The van der Waals surface area contributed by atoms with Gasteiger partial charge in [0, 0.05) is 38.4 Å². The fourth-order valence-electron chi connectivity index (χ4n) is 3.33. The van der Waals surface area contributed by atoms with Crippen LogP contribution in [0.5, 0.6) is 5.75 Å². The molecule has 0 N–H and O–H groups in total. The maximum Gasteiger partial charge on any atom is 0.228 e. The maximum atomic E-state index is 12.5. The van der Waals surface area contributed by atoms with Gasteiger partial charge >= 0.3 is 0 Å². The molecule has 0 saturated heterocycles. The average molecular weight is 436 g/mol. The summed E-state index contributed by atoms with van der Waals surface area (Å²) < 4.78 is 33.9. The molecule has 2 aromatic heterocycles. The minimum Gasteiger partial charge on any atom is -0.494 e. The molecule has 3 heterocycles. The first-order valence-electron chi connectivity index (χ1n) is 9.26. The standard InChI is InChI=1S/C19H22ClN5O3S/c1-23-12-15-4-2-5-17(10-15)28-9-3-7-24(29(26,27)14-20)13-16-11-21-25-8-6-18(23)22-19(16)25/h2,4-6,8,10-11H,3,7,9,12-14H2,1H3. The van der Waals surface area contributed by atoms with Crippen LogP contribution >= 0.6 is 11.6 Å². The van der Waals surface area contributed by atoms with Crippen LogP contribution in [0, 0.1) is 0 Å². The topological polar surface area (TPSA) is 80.0 Å². The SMILES string of the molecule is CN1Cc2cccc(c2)OCCCN(S(=O)(=O)CCl)Cc2cnn3ccc1nc23. The van der Waals surface area contributed by atoms with E-state index < -0.39 is 15.2 Å². The van der Waals surface area contributed by atoms with Crippen LogP contribution in [-0.4, -0.2) is 52.7 Å². The molecule has 154 valence electrons. The van der Waals surface area contributed by atoms with E-state index in [9.17, 15) is 8.42 Å². The molecule has 0 fully saturated rings. The van der Waals surface area contributed by atoms with E-state index >= 15 is 0 Å².